The molecule has 4 saturated heterocycles. The molecule has 4 aliphatic rings. The summed E-state index contributed by atoms with van der Waals surface area (Å²) in [5.41, 5.74) is 0. The van der Waals surface area contributed by atoms with Crippen molar-refractivity contribution in [3.05, 3.63) is 0 Å². The molecule has 37 heavy (non-hydrogen) atoms. The maximum absolute atomic E-state index is 7.65. The first kappa shape index (κ1) is 29.6. The Balaban J connectivity index is 1.75. The number of ether oxygens (including phenoxy) is 5. The fraction of sp³-hybridized carbons (Fsp3) is 1.00. The maximum Gasteiger partial charge on any atom is 0.180 e. The molecule has 0 aromatic rings. The molecular weight excluding hydrogens is 472 g/mol. The summed E-state index contributed by atoms with van der Waals surface area (Å²) in [6, 6.07) is 0. The summed E-state index contributed by atoms with van der Waals surface area (Å²) in [4.78, 5) is 10.0. The first-order chi connectivity index (χ1) is 17.3. The molecule has 216 valence electrons. The summed E-state index contributed by atoms with van der Waals surface area (Å²) in [6.07, 6.45) is 1.12. The first-order valence-corrected chi connectivity index (χ1v) is 14.6. The standard InChI is InChI=1S/C28H54N4O5/c1-19-11-29(12-20(2)33-19)27(9,30-13-21(3)34-22(4)14-30)37-28(10,31-15-23(5)35-24(6)16-31)32-17-25(7)36-26(8)18-32/h19-26H,11-18H2,1-10H3. The number of hydrogen-bond donors (Lipinski definition) is 0. The SMILES string of the molecule is CC1CN(C(C)(OC(C)(N2CC(C)OC(C)C2)N2CC(C)OC(C)C2)N2CC(C)OC(C)C2)CC(C)O1. The van der Waals surface area contributed by atoms with Crippen molar-refractivity contribution in [2.45, 2.75) is 130 Å². The van der Waals surface area contributed by atoms with Crippen LogP contribution in [0, 0.1) is 0 Å². The second-order valence-corrected chi connectivity index (χ2v) is 12.6. The monoisotopic (exact) mass is 526 g/mol. The van der Waals surface area contributed by atoms with Gasteiger partial charge in [-0.1, -0.05) is 0 Å². The van der Waals surface area contributed by atoms with Crippen LogP contribution in [0.3, 0.4) is 0 Å². The van der Waals surface area contributed by atoms with E-state index in [4.69, 9.17) is 23.7 Å². The van der Waals surface area contributed by atoms with Gasteiger partial charge in [0.2, 0.25) is 0 Å². The Morgan fingerprint density at radius 2 is 0.568 bits per heavy atom. The van der Waals surface area contributed by atoms with E-state index in [0.717, 1.165) is 52.4 Å². The maximum atomic E-state index is 7.65. The van der Waals surface area contributed by atoms with Gasteiger partial charge in [-0.15, -0.1) is 0 Å². The molecule has 0 saturated carbocycles. The Hall–Kier alpha value is -0.360. The first-order valence-electron chi connectivity index (χ1n) is 14.6. The third kappa shape index (κ3) is 6.69. The van der Waals surface area contributed by atoms with Crippen molar-refractivity contribution in [2.75, 3.05) is 52.4 Å². The van der Waals surface area contributed by atoms with Gasteiger partial charge in [0, 0.05) is 52.4 Å². The van der Waals surface area contributed by atoms with Gasteiger partial charge in [-0.2, -0.15) is 0 Å². The van der Waals surface area contributed by atoms with Gasteiger partial charge in [-0.3, -0.25) is 19.6 Å². The molecule has 0 aromatic carbocycles. The number of morpholine rings is 4. The number of rotatable bonds is 6. The lowest BCUT2D eigenvalue weighted by Crippen LogP contribution is -2.75. The Bertz CT molecular complexity index is 606. The van der Waals surface area contributed by atoms with Crippen molar-refractivity contribution in [3.63, 3.8) is 0 Å². The predicted octanol–water partition coefficient (Wildman–Crippen LogP) is 2.79. The van der Waals surface area contributed by atoms with E-state index < -0.39 is 11.7 Å². The van der Waals surface area contributed by atoms with Crippen molar-refractivity contribution in [3.8, 4) is 0 Å². The Labute approximate surface area is 225 Å². The second kappa shape index (κ2) is 11.6. The molecule has 0 aliphatic carbocycles. The summed E-state index contributed by atoms with van der Waals surface area (Å²) >= 11 is 0. The van der Waals surface area contributed by atoms with Gasteiger partial charge in [0.15, 0.2) is 11.7 Å². The van der Waals surface area contributed by atoms with E-state index in [1.165, 1.54) is 0 Å². The molecule has 4 rings (SSSR count). The minimum absolute atomic E-state index is 0.140. The number of nitrogens with zero attached hydrogens (tertiary/aromatic N) is 4. The Morgan fingerprint density at radius 3 is 0.730 bits per heavy atom. The summed E-state index contributed by atoms with van der Waals surface area (Å²) in [5, 5.41) is 0. The van der Waals surface area contributed by atoms with Crippen molar-refractivity contribution in [1.29, 1.82) is 0 Å². The molecule has 9 nitrogen and oxygen atoms in total. The zero-order valence-corrected chi connectivity index (χ0v) is 25.1. The van der Waals surface area contributed by atoms with Crippen LogP contribution in [-0.2, 0) is 23.7 Å². The van der Waals surface area contributed by atoms with Gasteiger partial charge in [0.05, 0.1) is 48.8 Å². The fourth-order valence-electron chi connectivity index (χ4n) is 7.09. The van der Waals surface area contributed by atoms with Crippen molar-refractivity contribution >= 4 is 0 Å². The zero-order valence-electron chi connectivity index (χ0n) is 25.1. The van der Waals surface area contributed by atoms with Gasteiger partial charge >= 0.3 is 0 Å². The Kier molecular flexibility index (Phi) is 9.31. The molecule has 4 aliphatic heterocycles. The summed E-state index contributed by atoms with van der Waals surface area (Å²) in [7, 11) is 0. The smallest absolute Gasteiger partial charge is 0.180 e. The van der Waals surface area contributed by atoms with Crippen LogP contribution in [0.1, 0.15) is 69.2 Å². The van der Waals surface area contributed by atoms with Crippen LogP contribution >= 0.6 is 0 Å². The van der Waals surface area contributed by atoms with Gasteiger partial charge < -0.3 is 23.7 Å². The molecule has 0 N–H and O–H groups in total. The van der Waals surface area contributed by atoms with E-state index in [0.29, 0.717) is 0 Å². The van der Waals surface area contributed by atoms with Crippen molar-refractivity contribution in [2.24, 2.45) is 0 Å². The van der Waals surface area contributed by atoms with Crippen molar-refractivity contribution < 1.29 is 23.7 Å². The largest absolute Gasteiger partial charge is 0.373 e. The lowest BCUT2D eigenvalue weighted by Gasteiger charge is -2.61. The van der Waals surface area contributed by atoms with E-state index >= 15 is 0 Å². The van der Waals surface area contributed by atoms with Crippen LogP contribution in [-0.4, -0.2) is 132 Å². The predicted molar refractivity (Wildman–Crippen MR) is 144 cm³/mol. The van der Waals surface area contributed by atoms with Gasteiger partial charge in [0.25, 0.3) is 0 Å². The molecule has 0 aromatic heterocycles. The molecule has 4 fully saturated rings. The van der Waals surface area contributed by atoms with E-state index in [9.17, 15) is 0 Å². The summed E-state index contributed by atoms with van der Waals surface area (Å²) in [5.74, 6) is -1.30. The molecule has 0 radical (unpaired) electrons. The van der Waals surface area contributed by atoms with Gasteiger partial charge in [-0.05, 0) is 69.2 Å². The summed E-state index contributed by atoms with van der Waals surface area (Å²) < 4.78 is 32.3. The minimum Gasteiger partial charge on any atom is -0.373 e. The molecule has 9 heteroatoms. The van der Waals surface area contributed by atoms with Crippen LogP contribution in [0.15, 0.2) is 0 Å². The van der Waals surface area contributed by atoms with Crippen LogP contribution in [0.25, 0.3) is 0 Å². The quantitative estimate of drug-likeness (QED) is 0.520. The highest BCUT2D eigenvalue weighted by molar-refractivity contribution is 4.94. The van der Waals surface area contributed by atoms with Crippen molar-refractivity contribution in [1.82, 2.24) is 19.6 Å². The van der Waals surface area contributed by atoms with E-state index in [2.05, 4.69) is 88.8 Å². The van der Waals surface area contributed by atoms with E-state index in [1.807, 2.05) is 0 Å². The third-order valence-corrected chi connectivity index (χ3v) is 8.41. The minimum atomic E-state index is -0.650. The topological polar surface area (TPSA) is 59.1 Å². The molecule has 0 spiro atoms. The fourth-order valence-corrected chi connectivity index (χ4v) is 7.09. The highest BCUT2D eigenvalue weighted by atomic mass is 16.6. The Morgan fingerprint density at radius 1 is 0.405 bits per heavy atom. The van der Waals surface area contributed by atoms with E-state index in [1.54, 1.807) is 0 Å². The number of hydrogen-bond acceptors (Lipinski definition) is 9. The van der Waals surface area contributed by atoms with Crippen LogP contribution in [0.2, 0.25) is 0 Å². The summed E-state index contributed by atoms with van der Waals surface area (Å²) in [6.45, 7) is 28.5. The highest BCUT2D eigenvalue weighted by Gasteiger charge is 2.54. The van der Waals surface area contributed by atoms with Crippen LogP contribution in [0.5, 0.6) is 0 Å². The highest BCUT2D eigenvalue weighted by Crippen LogP contribution is 2.38. The molecule has 0 amide bonds. The van der Waals surface area contributed by atoms with Gasteiger partial charge in [0.1, 0.15) is 0 Å². The molecule has 8 unspecified atom stereocenters. The van der Waals surface area contributed by atoms with Gasteiger partial charge in [-0.25, -0.2) is 0 Å². The lowest BCUT2D eigenvalue weighted by molar-refractivity contribution is -0.389. The van der Waals surface area contributed by atoms with Crippen LogP contribution in [0.4, 0.5) is 0 Å². The third-order valence-electron chi connectivity index (χ3n) is 8.41. The second-order valence-electron chi connectivity index (χ2n) is 12.6. The molecule has 0 bridgehead atoms. The molecule has 8 atom stereocenters. The molecule has 4 heterocycles. The van der Waals surface area contributed by atoms with E-state index in [-0.39, 0.29) is 48.8 Å². The molecular formula is C28H54N4O5. The normalized spacial score (nSPS) is 43.3. The zero-order chi connectivity index (χ0) is 27.1. The lowest BCUT2D eigenvalue weighted by atomic mass is 10.1. The average molecular weight is 527 g/mol. The van der Waals surface area contributed by atoms with Crippen LogP contribution < -0.4 is 0 Å². The average Bonchev–Trinajstić information content (AvgIpc) is 2.76.